The van der Waals surface area contributed by atoms with Crippen molar-refractivity contribution in [3.8, 4) is 11.8 Å². The number of nitrogens with zero attached hydrogens (tertiary/aromatic N) is 7. The molecule has 4 aromatic heterocycles. The fourth-order valence-corrected chi connectivity index (χ4v) is 4.42. The lowest BCUT2D eigenvalue weighted by atomic mass is 10.1. The number of aryl methyl sites for hydroxylation is 1. The predicted octanol–water partition coefficient (Wildman–Crippen LogP) is 1.98. The van der Waals surface area contributed by atoms with E-state index in [-0.39, 0.29) is 23.0 Å². The van der Waals surface area contributed by atoms with E-state index in [1.54, 1.807) is 48.5 Å². The first kappa shape index (κ1) is 22.5. The second-order valence-electron chi connectivity index (χ2n) is 9.06. The molecular weight excluding hydrogens is 470 g/mol. The van der Waals surface area contributed by atoms with E-state index >= 15 is 0 Å². The van der Waals surface area contributed by atoms with Gasteiger partial charge in [-0.2, -0.15) is 0 Å². The van der Waals surface area contributed by atoms with Crippen LogP contribution in [0.2, 0.25) is 0 Å². The van der Waals surface area contributed by atoms with Gasteiger partial charge in [0.05, 0.1) is 29.5 Å². The lowest BCUT2D eigenvalue weighted by Crippen LogP contribution is -2.34. The summed E-state index contributed by atoms with van der Waals surface area (Å²) in [5, 5.41) is 7.56. The molecule has 0 spiro atoms. The van der Waals surface area contributed by atoms with Crippen LogP contribution in [-0.4, -0.2) is 39.6 Å². The molecule has 5 aromatic rings. The van der Waals surface area contributed by atoms with Crippen LogP contribution in [0.4, 0.5) is 5.82 Å². The Morgan fingerprint density at radius 1 is 1.24 bits per heavy atom. The summed E-state index contributed by atoms with van der Waals surface area (Å²) in [6, 6.07) is 6.58. The van der Waals surface area contributed by atoms with E-state index in [9.17, 15) is 9.59 Å². The van der Waals surface area contributed by atoms with Crippen LogP contribution in [0, 0.1) is 11.8 Å². The normalized spacial score (nSPS) is 13.9. The summed E-state index contributed by atoms with van der Waals surface area (Å²) in [7, 11) is 1.86. The Hall–Kier alpha value is -4.98. The molecule has 0 radical (unpaired) electrons. The summed E-state index contributed by atoms with van der Waals surface area (Å²) in [5.41, 5.74) is 8.24. The maximum atomic E-state index is 13.8. The van der Waals surface area contributed by atoms with Gasteiger partial charge in [0.1, 0.15) is 17.1 Å². The van der Waals surface area contributed by atoms with Crippen molar-refractivity contribution in [3.63, 3.8) is 0 Å². The Morgan fingerprint density at radius 3 is 2.84 bits per heavy atom. The van der Waals surface area contributed by atoms with Crippen LogP contribution >= 0.6 is 0 Å². The number of benzene rings is 1. The molecule has 1 atom stereocenters. The van der Waals surface area contributed by atoms with E-state index in [0.29, 0.717) is 27.9 Å². The SMILES string of the molecule is C[C@H](NC(=O)c1c(N)nn2cccnc12)c1nc2cccc(C#Cc3cncn3C)c2c(=O)n1C1CC1. The number of fused-ring (bicyclic) bond motifs is 2. The first-order chi connectivity index (χ1) is 17.9. The van der Waals surface area contributed by atoms with E-state index in [2.05, 4.69) is 32.2 Å². The molecule has 37 heavy (non-hydrogen) atoms. The number of rotatable bonds is 4. The van der Waals surface area contributed by atoms with Gasteiger partial charge in [0, 0.05) is 31.0 Å². The molecule has 1 saturated carbocycles. The molecule has 1 aromatic carbocycles. The van der Waals surface area contributed by atoms with E-state index in [4.69, 9.17) is 10.7 Å². The highest BCUT2D eigenvalue weighted by atomic mass is 16.2. The highest BCUT2D eigenvalue weighted by Gasteiger charge is 2.31. The Bertz CT molecular complexity index is 1810. The van der Waals surface area contributed by atoms with Crippen LogP contribution in [0.1, 0.15) is 59.3 Å². The minimum absolute atomic E-state index is 0.0283. The molecule has 1 amide bonds. The lowest BCUT2D eigenvalue weighted by Gasteiger charge is -2.19. The number of carbonyl (C=O) groups excluding carboxylic acids is 1. The average molecular weight is 494 g/mol. The smallest absolute Gasteiger partial charge is 0.262 e. The number of hydrogen-bond donors (Lipinski definition) is 2. The van der Waals surface area contributed by atoms with Gasteiger partial charge < -0.3 is 15.6 Å². The summed E-state index contributed by atoms with van der Waals surface area (Å²) in [5.74, 6) is 6.32. The van der Waals surface area contributed by atoms with Crippen molar-refractivity contribution in [1.29, 1.82) is 0 Å². The van der Waals surface area contributed by atoms with Crippen LogP contribution < -0.4 is 16.6 Å². The molecule has 1 aliphatic carbocycles. The molecule has 0 unspecified atom stereocenters. The van der Waals surface area contributed by atoms with Crippen molar-refractivity contribution in [1.82, 2.24) is 39.0 Å². The molecule has 0 aliphatic heterocycles. The zero-order chi connectivity index (χ0) is 25.7. The first-order valence-corrected chi connectivity index (χ1v) is 11.9. The van der Waals surface area contributed by atoms with Gasteiger partial charge in [-0.3, -0.25) is 14.2 Å². The number of anilines is 1. The molecule has 1 aliphatic rings. The van der Waals surface area contributed by atoms with Crippen LogP contribution in [-0.2, 0) is 7.05 Å². The van der Waals surface area contributed by atoms with Gasteiger partial charge in [0.2, 0.25) is 0 Å². The monoisotopic (exact) mass is 493 g/mol. The second-order valence-corrected chi connectivity index (χ2v) is 9.06. The maximum absolute atomic E-state index is 13.8. The fraction of sp³-hybridized carbons (Fsp3) is 0.231. The van der Waals surface area contributed by atoms with Gasteiger partial charge in [-0.25, -0.2) is 19.5 Å². The molecule has 11 nitrogen and oxygen atoms in total. The van der Waals surface area contributed by atoms with Crippen molar-refractivity contribution in [3.05, 3.63) is 82.2 Å². The van der Waals surface area contributed by atoms with E-state index in [1.807, 2.05) is 23.7 Å². The van der Waals surface area contributed by atoms with Gasteiger partial charge in [0.15, 0.2) is 11.5 Å². The number of carbonyl (C=O) groups is 1. The summed E-state index contributed by atoms with van der Waals surface area (Å²) in [6.45, 7) is 1.80. The molecule has 6 rings (SSSR count). The van der Waals surface area contributed by atoms with Gasteiger partial charge in [-0.15, -0.1) is 5.10 Å². The number of nitrogens with one attached hydrogen (secondary N) is 1. The average Bonchev–Trinajstić information content (AvgIpc) is 3.54. The molecular formula is C26H23N9O2. The molecule has 0 bridgehead atoms. The van der Waals surface area contributed by atoms with Crippen molar-refractivity contribution in [2.75, 3.05) is 5.73 Å². The molecule has 1 fully saturated rings. The quantitative estimate of drug-likeness (QED) is 0.365. The number of nitrogen functional groups attached to an aromatic ring is 1. The summed E-state index contributed by atoms with van der Waals surface area (Å²) >= 11 is 0. The Kier molecular flexibility index (Phi) is 5.22. The minimum Gasteiger partial charge on any atom is -0.381 e. The molecule has 4 heterocycles. The summed E-state index contributed by atoms with van der Waals surface area (Å²) < 4.78 is 4.96. The lowest BCUT2D eigenvalue weighted by molar-refractivity contribution is 0.0939. The Balaban J connectivity index is 1.41. The third-order valence-electron chi connectivity index (χ3n) is 6.40. The minimum atomic E-state index is -0.576. The molecule has 11 heteroatoms. The highest BCUT2D eigenvalue weighted by Crippen LogP contribution is 2.36. The predicted molar refractivity (Wildman–Crippen MR) is 137 cm³/mol. The zero-order valence-corrected chi connectivity index (χ0v) is 20.2. The van der Waals surface area contributed by atoms with Gasteiger partial charge in [-0.1, -0.05) is 12.0 Å². The third-order valence-corrected chi connectivity index (χ3v) is 6.40. The number of amides is 1. The van der Waals surface area contributed by atoms with Gasteiger partial charge in [-0.05, 0) is 43.9 Å². The zero-order valence-electron chi connectivity index (χ0n) is 20.2. The topological polar surface area (TPSA) is 138 Å². The number of nitrogens with two attached hydrogens (primary N) is 1. The molecule has 3 N–H and O–H groups in total. The van der Waals surface area contributed by atoms with E-state index < -0.39 is 11.9 Å². The number of hydrogen-bond acceptors (Lipinski definition) is 7. The second kappa shape index (κ2) is 8.60. The van der Waals surface area contributed by atoms with Gasteiger partial charge in [0.25, 0.3) is 11.5 Å². The van der Waals surface area contributed by atoms with Crippen molar-refractivity contribution >= 4 is 28.3 Å². The third kappa shape index (κ3) is 3.88. The molecule has 184 valence electrons. The Labute approximate surface area is 211 Å². The first-order valence-electron chi connectivity index (χ1n) is 11.9. The molecule has 0 saturated heterocycles. The maximum Gasteiger partial charge on any atom is 0.262 e. The van der Waals surface area contributed by atoms with Crippen molar-refractivity contribution < 1.29 is 4.79 Å². The van der Waals surface area contributed by atoms with Crippen LogP contribution in [0.25, 0.3) is 16.6 Å². The highest BCUT2D eigenvalue weighted by molar-refractivity contribution is 6.04. The summed E-state index contributed by atoms with van der Waals surface area (Å²) in [4.78, 5) is 40.2. The largest absolute Gasteiger partial charge is 0.381 e. The van der Waals surface area contributed by atoms with E-state index in [1.165, 1.54) is 4.52 Å². The van der Waals surface area contributed by atoms with Crippen LogP contribution in [0.5, 0.6) is 0 Å². The summed E-state index contributed by atoms with van der Waals surface area (Å²) in [6.07, 6.45) is 8.33. The number of aromatic nitrogens is 7. The standard InChI is InChI=1S/C26H23N9O2/c1-15(30-25(36)21-22(27)32-34-12-4-11-29-24(21)34)23-31-19-6-3-5-16(7-8-18-13-28-14-33(18)2)20(19)26(37)35(23)17-9-10-17/h3-6,11-15,17H,9-10H2,1-2H3,(H2,27,32)(H,30,36)/t15-/m0/s1. The van der Waals surface area contributed by atoms with Crippen molar-refractivity contribution in [2.24, 2.45) is 7.05 Å². The van der Waals surface area contributed by atoms with Crippen molar-refractivity contribution in [2.45, 2.75) is 31.8 Å². The number of imidazole rings is 1. The van der Waals surface area contributed by atoms with E-state index in [0.717, 1.165) is 18.5 Å². The van der Waals surface area contributed by atoms with Gasteiger partial charge >= 0.3 is 0 Å². The van der Waals surface area contributed by atoms with Crippen LogP contribution in [0.3, 0.4) is 0 Å². The van der Waals surface area contributed by atoms with Crippen LogP contribution in [0.15, 0.2) is 54.0 Å². The Morgan fingerprint density at radius 2 is 2.08 bits per heavy atom. The fourth-order valence-electron chi connectivity index (χ4n) is 4.42.